The van der Waals surface area contributed by atoms with Gasteiger partial charge < -0.3 is 9.84 Å². The standard InChI is InChI=1S/C8H10O2.4C6H6.C6H14.2C3H8.8C2H6.CH4/c9-6-7-10-8-4-2-1-3-5-8;4*1-2-4-6-5-3-1;1-3-5-6-4-2;2*1-3-2;8*1-2;/h1-5,9H,6-7H2;4*1-6H;3-6H2,1-2H3;2*3H2,1-2H3;8*1-2H3;1H4. The highest BCUT2D eigenvalue weighted by Gasteiger charge is 1.87. The Hall–Kier alpha value is -4.14. The van der Waals surface area contributed by atoms with Crippen LogP contribution in [-0.4, -0.2) is 18.3 Å². The Balaban J connectivity index is -0.0000000457. The molecule has 2 heteroatoms. The molecule has 0 fully saturated rings. The van der Waals surface area contributed by atoms with Gasteiger partial charge in [0.05, 0.1) is 6.61 Å². The summed E-state index contributed by atoms with van der Waals surface area (Å²) in [5, 5.41) is 8.40. The SMILES string of the molecule is C.CC.CC.CC.CC.CC.CC.CC.CC.CCC.CCC.CCCCCC.OCCOc1ccccc1.c1ccccc1.c1ccccc1.c1ccccc1.c1ccccc1. The van der Waals surface area contributed by atoms with Crippen LogP contribution in [0.15, 0.2) is 176 Å². The Kier molecular flexibility index (Phi) is 196. The lowest BCUT2D eigenvalue weighted by molar-refractivity contribution is 0.201. The molecule has 0 saturated heterocycles. The minimum atomic E-state index is 0. The van der Waals surface area contributed by atoms with Gasteiger partial charge in [0.2, 0.25) is 0 Å². The molecule has 0 atom stereocenters. The summed E-state index contributed by atoms with van der Waals surface area (Å²) in [6.45, 7) is 45.4. The molecule has 0 aliphatic carbocycles. The van der Waals surface area contributed by atoms with Crippen LogP contribution in [0.1, 0.15) is 198 Å². The van der Waals surface area contributed by atoms with Gasteiger partial charge in [0, 0.05) is 0 Å². The molecule has 0 aliphatic rings. The number of rotatable bonds is 6. The molecule has 0 unspecified atom stereocenters. The highest BCUT2D eigenvalue weighted by Crippen LogP contribution is 2.07. The molecule has 5 rings (SSSR count). The van der Waals surface area contributed by atoms with E-state index in [0.29, 0.717) is 6.61 Å². The van der Waals surface area contributed by atoms with Gasteiger partial charge in [0.15, 0.2) is 0 Å². The Labute approximate surface area is 401 Å². The molecular formula is C61H116O2. The number of para-hydroxylation sites is 1. The van der Waals surface area contributed by atoms with E-state index in [-0.39, 0.29) is 14.0 Å². The maximum absolute atomic E-state index is 8.40. The highest BCUT2D eigenvalue weighted by molar-refractivity contribution is 5.20. The second-order valence-corrected chi connectivity index (χ2v) is 9.63. The Morgan fingerprint density at radius 1 is 0.302 bits per heavy atom. The zero-order valence-corrected chi connectivity index (χ0v) is 45.8. The molecule has 372 valence electrons. The second kappa shape index (κ2) is 138. The van der Waals surface area contributed by atoms with Gasteiger partial charge in [-0.2, -0.15) is 0 Å². The van der Waals surface area contributed by atoms with Crippen LogP contribution < -0.4 is 4.74 Å². The largest absolute Gasteiger partial charge is 0.491 e. The van der Waals surface area contributed by atoms with Crippen LogP contribution >= 0.6 is 0 Å². The lowest BCUT2D eigenvalue weighted by Gasteiger charge is -2.01. The molecular weight excluding hydrogens is 765 g/mol. The number of hydrogen-bond donors (Lipinski definition) is 1. The van der Waals surface area contributed by atoms with E-state index in [1.165, 1.54) is 38.5 Å². The van der Waals surface area contributed by atoms with Gasteiger partial charge in [0.1, 0.15) is 12.4 Å². The molecule has 5 aromatic rings. The molecule has 63 heavy (non-hydrogen) atoms. The first-order chi connectivity index (χ1) is 30.7. The van der Waals surface area contributed by atoms with Crippen LogP contribution in [0.4, 0.5) is 0 Å². The first-order valence-electron chi connectivity index (χ1n) is 25.0. The van der Waals surface area contributed by atoms with Gasteiger partial charge in [-0.05, 0) is 12.1 Å². The number of aliphatic hydroxyl groups is 1. The zero-order chi connectivity index (χ0) is 50.4. The van der Waals surface area contributed by atoms with Crippen molar-refractivity contribution in [2.24, 2.45) is 0 Å². The predicted molar refractivity (Wildman–Crippen MR) is 304 cm³/mol. The van der Waals surface area contributed by atoms with Crippen molar-refractivity contribution in [1.29, 1.82) is 0 Å². The van der Waals surface area contributed by atoms with Gasteiger partial charge in [-0.1, -0.05) is 362 Å². The number of aliphatic hydroxyl groups excluding tert-OH is 1. The van der Waals surface area contributed by atoms with E-state index in [2.05, 4.69) is 41.5 Å². The summed E-state index contributed by atoms with van der Waals surface area (Å²) in [5.41, 5.74) is 0. The number of ether oxygens (including phenoxy) is 1. The minimum absolute atomic E-state index is 0. The normalized spacial score (nSPS) is 6.71. The molecule has 0 saturated carbocycles. The number of unbranched alkanes of at least 4 members (excludes halogenated alkanes) is 3. The Bertz CT molecular complexity index is 819. The molecule has 0 spiro atoms. The van der Waals surface area contributed by atoms with Gasteiger partial charge in [0.25, 0.3) is 0 Å². The van der Waals surface area contributed by atoms with Crippen LogP contribution in [-0.2, 0) is 0 Å². The lowest BCUT2D eigenvalue weighted by atomic mass is 10.2. The van der Waals surface area contributed by atoms with Crippen molar-refractivity contribution in [3.8, 4) is 5.75 Å². The molecule has 2 nitrogen and oxygen atoms in total. The van der Waals surface area contributed by atoms with E-state index >= 15 is 0 Å². The van der Waals surface area contributed by atoms with Gasteiger partial charge in [-0.3, -0.25) is 0 Å². The van der Waals surface area contributed by atoms with Crippen molar-refractivity contribution in [2.45, 2.75) is 198 Å². The van der Waals surface area contributed by atoms with Crippen molar-refractivity contribution >= 4 is 0 Å². The molecule has 0 bridgehead atoms. The molecule has 0 heterocycles. The average molecular weight is 882 g/mol. The molecule has 0 amide bonds. The molecule has 1 N–H and O–H groups in total. The lowest BCUT2D eigenvalue weighted by Crippen LogP contribution is -2.00. The van der Waals surface area contributed by atoms with Gasteiger partial charge >= 0.3 is 0 Å². The molecule has 0 aliphatic heterocycles. The van der Waals surface area contributed by atoms with Crippen molar-refractivity contribution in [3.63, 3.8) is 0 Å². The Morgan fingerprint density at radius 2 is 0.444 bits per heavy atom. The van der Waals surface area contributed by atoms with Crippen molar-refractivity contribution in [2.75, 3.05) is 13.2 Å². The molecule has 0 aromatic heterocycles. The van der Waals surface area contributed by atoms with Crippen LogP contribution in [0.2, 0.25) is 0 Å². The average Bonchev–Trinajstić information content (AvgIpc) is 3.41. The summed E-state index contributed by atoms with van der Waals surface area (Å²) < 4.78 is 5.11. The first-order valence-corrected chi connectivity index (χ1v) is 25.0. The van der Waals surface area contributed by atoms with E-state index in [1.54, 1.807) is 0 Å². The van der Waals surface area contributed by atoms with Crippen LogP contribution in [0.3, 0.4) is 0 Å². The van der Waals surface area contributed by atoms with Crippen LogP contribution in [0.5, 0.6) is 5.75 Å². The van der Waals surface area contributed by atoms with Crippen molar-refractivity contribution < 1.29 is 9.84 Å². The van der Waals surface area contributed by atoms with Crippen LogP contribution in [0, 0.1) is 0 Å². The summed E-state index contributed by atoms with van der Waals surface area (Å²) >= 11 is 0. The minimum Gasteiger partial charge on any atom is -0.491 e. The summed E-state index contributed by atoms with van der Waals surface area (Å²) in [6, 6.07) is 57.4. The molecule has 0 radical (unpaired) electrons. The third-order valence-corrected chi connectivity index (χ3v) is 4.73. The van der Waals surface area contributed by atoms with Crippen LogP contribution in [0.25, 0.3) is 0 Å². The third-order valence-electron chi connectivity index (χ3n) is 4.73. The fourth-order valence-electron chi connectivity index (χ4n) is 2.72. The predicted octanol–water partition coefficient (Wildman–Crippen LogP) is 22.1. The fraction of sp³-hybridized carbons (Fsp3) is 0.508. The third kappa shape index (κ3) is 149. The Morgan fingerprint density at radius 3 is 0.571 bits per heavy atom. The second-order valence-electron chi connectivity index (χ2n) is 9.63. The maximum Gasteiger partial charge on any atom is 0.119 e. The molecule has 5 aromatic carbocycles. The van der Waals surface area contributed by atoms with Gasteiger partial charge in [-0.15, -0.1) is 0 Å². The fourth-order valence-corrected chi connectivity index (χ4v) is 2.72. The van der Waals surface area contributed by atoms with Crippen molar-refractivity contribution in [1.82, 2.24) is 0 Å². The summed E-state index contributed by atoms with van der Waals surface area (Å²) in [4.78, 5) is 0. The van der Waals surface area contributed by atoms with E-state index in [0.717, 1.165) is 5.75 Å². The topological polar surface area (TPSA) is 29.5 Å². The van der Waals surface area contributed by atoms with E-state index in [1.807, 2.05) is 287 Å². The van der Waals surface area contributed by atoms with Gasteiger partial charge in [-0.25, -0.2) is 0 Å². The number of benzene rings is 5. The van der Waals surface area contributed by atoms with Crippen molar-refractivity contribution in [3.05, 3.63) is 176 Å². The smallest absolute Gasteiger partial charge is 0.119 e. The van der Waals surface area contributed by atoms with E-state index < -0.39 is 0 Å². The first kappa shape index (κ1) is 89.7. The summed E-state index contributed by atoms with van der Waals surface area (Å²) in [5.74, 6) is 0.802. The summed E-state index contributed by atoms with van der Waals surface area (Å²) in [7, 11) is 0. The highest BCUT2D eigenvalue weighted by atomic mass is 16.5. The maximum atomic E-state index is 8.40. The number of hydrogen-bond acceptors (Lipinski definition) is 2. The quantitative estimate of drug-likeness (QED) is 0.172. The summed E-state index contributed by atoms with van der Waals surface area (Å²) in [6.07, 6.45) is 8.04. The zero-order valence-electron chi connectivity index (χ0n) is 45.8. The van der Waals surface area contributed by atoms with E-state index in [9.17, 15) is 0 Å². The van der Waals surface area contributed by atoms with E-state index in [4.69, 9.17) is 9.84 Å². The monoisotopic (exact) mass is 881 g/mol.